The molecular weight excluding hydrogens is 615 g/mol. The zero-order valence-electron chi connectivity index (χ0n) is 26.5. The first-order chi connectivity index (χ1) is 24.3. The van der Waals surface area contributed by atoms with Crippen LogP contribution in [0.1, 0.15) is 0 Å². The van der Waals surface area contributed by atoms with E-state index in [-0.39, 0.29) is 0 Å². The number of hydrogen-bond donors (Lipinski definition) is 0. The number of hydrogen-bond acceptors (Lipinski definition) is 3. The fourth-order valence-corrected chi connectivity index (χ4v) is 8.43. The highest BCUT2D eigenvalue weighted by Gasteiger charge is 2.19. The molecule has 0 aliphatic heterocycles. The summed E-state index contributed by atoms with van der Waals surface area (Å²) >= 11 is 1.87. The van der Waals surface area contributed by atoms with Gasteiger partial charge in [0.25, 0.3) is 0 Å². The molecule has 0 aliphatic rings. The number of rotatable bonds is 5. The van der Waals surface area contributed by atoms with Crippen LogP contribution < -0.4 is 4.90 Å². The molecule has 8 aromatic carbocycles. The Hall–Kier alpha value is -6.16. The predicted molar refractivity (Wildman–Crippen MR) is 210 cm³/mol. The fourth-order valence-electron chi connectivity index (χ4n) is 7.26. The Balaban J connectivity index is 1.09. The van der Waals surface area contributed by atoms with Gasteiger partial charge in [0.15, 0.2) is 0 Å². The van der Waals surface area contributed by atoms with Crippen molar-refractivity contribution in [2.45, 2.75) is 0 Å². The van der Waals surface area contributed by atoms with E-state index in [4.69, 9.17) is 4.42 Å². The lowest BCUT2D eigenvalue weighted by Crippen LogP contribution is -2.11. The van der Waals surface area contributed by atoms with Crippen molar-refractivity contribution in [2.24, 2.45) is 0 Å². The van der Waals surface area contributed by atoms with E-state index >= 15 is 0 Å². The number of fused-ring (bicyclic) bond motifs is 7. The van der Waals surface area contributed by atoms with Crippen LogP contribution >= 0.6 is 11.3 Å². The van der Waals surface area contributed by atoms with Crippen molar-refractivity contribution < 1.29 is 4.42 Å². The van der Waals surface area contributed by atoms with E-state index in [2.05, 4.69) is 169 Å². The quantitative estimate of drug-likeness (QED) is 0.186. The molecule has 0 saturated carbocycles. The second kappa shape index (κ2) is 11.2. The van der Waals surface area contributed by atoms with E-state index in [9.17, 15) is 0 Å². The summed E-state index contributed by atoms with van der Waals surface area (Å²) in [5.41, 5.74) is 9.76. The summed E-state index contributed by atoms with van der Waals surface area (Å²) in [7, 11) is 0. The molecule has 0 amide bonds. The van der Waals surface area contributed by atoms with Gasteiger partial charge in [-0.3, -0.25) is 0 Å². The second-order valence-corrected chi connectivity index (χ2v) is 13.6. The molecule has 2 nitrogen and oxygen atoms in total. The van der Waals surface area contributed by atoms with Gasteiger partial charge < -0.3 is 9.32 Å². The van der Waals surface area contributed by atoms with Crippen LogP contribution in [0.4, 0.5) is 17.1 Å². The monoisotopic (exact) mass is 643 g/mol. The van der Waals surface area contributed by atoms with Gasteiger partial charge in [0, 0.05) is 53.9 Å². The second-order valence-electron chi connectivity index (χ2n) is 12.6. The third-order valence-electron chi connectivity index (χ3n) is 9.65. The lowest BCUT2D eigenvalue weighted by Gasteiger charge is -2.28. The van der Waals surface area contributed by atoms with Gasteiger partial charge in [0.05, 0.1) is 5.69 Å². The number of benzene rings is 8. The molecule has 49 heavy (non-hydrogen) atoms. The van der Waals surface area contributed by atoms with Gasteiger partial charge in [-0.05, 0) is 82.1 Å². The Morgan fingerprint density at radius 2 is 1.04 bits per heavy atom. The molecular formula is C46H29NOS. The first kappa shape index (κ1) is 27.9. The summed E-state index contributed by atoms with van der Waals surface area (Å²) in [6, 6.07) is 63.2. The van der Waals surface area contributed by atoms with Crippen LogP contribution in [0.3, 0.4) is 0 Å². The molecule has 0 aliphatic carbocycles. The minimum absolute atomic E-state index is 0.877. The Kier molecular flexibility index (Phi) is 6.39. The summed E-state index contributed by atoms with van der Waals surface area (Å²) < 4.78 is 9.00. The smallest absolute Gasteiger partial charge is 0.137 e. The Labute approximate surface area is 287 Å². The van der Waals surface area contributed by atoms with Crippen molar-refractivity contribution in [1.29, 1.82) is 0 Å². The maximum atomic E-state index is 6.36. The third-order valence-corrected chi connectivity index (χ3v) is 10.8. The summed E-state index contributed by atoms with van der Waals surface area (Å²) in [6.45, 7) is 0. The highest BCUT2D eigenvalue weighted by molar-refractivity contribution is 7.25. The topological polar surface area (TPSA) is 16.4 Å². The van der Waals surface area contributed by atoms with Crippen molar-refractivity contribution in [2.75, 3.05) is 4.90 Å². The molecule has 0 saturated heterocycles. The number of nitrogens with zero attached hydrogens (tertiary/aromatic N) is 1. The highest BCUT2D eigenvalue weighted by Crippen LogP contribution is 2.44. The molecule has 2 heterocycles. The Bertz CT molecular complexity index is 2830. The average molecular weight is 644 g/mol. The Morgan fingerprint density at radius 1 is 0.388 bits per heavy atom. The van der Waals surface area contributed by atoms with E-state index in [0.717, 1.165) is 39.0 Å². The molecule has 3 heteroatoms. The van der Waals surface area contributed by atoms with Crippen molar-refractivity contribution in [1.82, 2.24) is 0 Å². The van der Waals surface area contributed by atoms with E-state index in [0.29, 0.717) is 0 Å². The molecule has 0 bridgehead atoms. The maximum absolute atomic E-state index is 6.36. The van der Waals surface area contributed by atoms with Crippen LogP contribution in [0, 0.1) is 0 Å². The molecule has 230 valence electrons. The lowest BCUT2D eigenvalue weighted by atomic mass is 10.0. The van der Waals surface area contributed by atoms with Gasteiger partial charge in [-0.1, -0.05) is 115 Å². The molecule has 0 fully saturated rings. The van der Waals surface area contributed by atoms with Gasteiger partial charge >= 0.3 is 0 Å². The summed E-state index contributed by atoms with van der Waals surface area (Å²) in [5, 5.41) is 7.47. The zero-order valence-corrected chi connectivity index (χ0v) is 27.3. The molecule has 0 N–H and O–H groups in total. The predicted octanol–water partition coefficient (Wildman–Crippen LogP) is 13.9. The van der Waals surface area contributed by atoms with Crippen LogP contribution in [0.15, 0.2) is 180 Å². The zero-order chi connectivity index (χ0) is 32.3. The minimum Gasteiger partial charge on any atom is -0.456 e. The van der Waals surface area contributed by atoms with Crippen molar-refractivity contribution >= 4 is 81.3 Å². The number of furan rings is 1. The molecule has 2 aromatic heterocycles. The first-order valence-electron chi connectivity index (χ1n) is 16.6. The van der Waals surface area contributed by atoms with Gasteiger partial charge in [0.1, 0.15) is 11.2 Å². The van der Waals surface area contributed by atoms with E-state index < -0.39 is 0 Å². The highest BCUT2D eigenvalue weighted by atomic mass is 32.1. The average Bonchev–Trinajstić information content (AvgIpc) is 3.71. The minimum atomic E-state index is 0.877. The van der Waals surface area contributed by atoms with Gasteiger partial charge in [-0.15, -0.1) is 11.3 Å². The number of thiophene rings is 1. The summed E-state index contributed by atoms with van der Waals surface area (Å²) in [4.78, 5) is 2.35. The van der Waals surface area contributed by atoms with Gasteiger partial charge in [-0.2, -0.15) is 0 Å². The number of anilines is 3. The summed E-state index contributed by atoms with van der Waals surface area (Å²) in [6.07, 6.45) is 0. The normalized spacial score (nSPS) is 11.7. The molecule has 0 radical (unpaired) electrons. The van der Waals surface area contributed by atoms with Crippen LogP contribution in [0.2, 0.25) is 0 Å². The van der Waals surface area contributed by atoms with Gasteiger partial charge in [-0.25, -0.2) is 0 Å². The van der Waals surface area contributed by atoms with Crippen molar-refractivity contribution in [3.05, 3.63) is 176 Å². The Morgan fingerprint density at radius 3 is 1.92 bits per heavy atom. The summed E-state index contributed by atoms with van der Waals surface area (Å²) in [5.74, 6) is 0. The van der Waals surface area contributed by atoms with Crippen LogP contribution in [0.25, 0.3) is 75.1 Å². The van der Waals surface area contributed by atoms with Crippen LogP contribution in [0.5, 0.6) is 0 Å². The van der Waals surface area contributed by atoms with Crippen molar-refractivity contribution in [3.63, 3.8) is 0 Å². The van der Waals surface area contributed by atoms with E-state index in [1.165, 1.54) is 53.2 Å². The van der Waals surface area contributed by atoms with Crippen LogP contribution in [-0.2, 0) is 0 Å². The molecule has 0 unspecified atom stereocenters. The molecule has 10 rings (SSSR count). The molecule has 10 aromatic rings. The van der Waals surface area contributed by atoms with Crippen LogP contribution in [-0.4, -0.2) is 0 Å². The first-order valence-corrected chi connectivity index (χ1v) is 17.4. The largest absolute Gasteiger partial charge is 0.456 e. The standard InChI is InChI=1S/C46H29NOS/c1-2-10-31(11-3-1)37-14-6-8-16-42(37)47(36-23-25-39-38-15-7-9-17-43(38)48-44(39)29-36)35-21-18-30(19-22-35)34-20-24-40-41-26-32-12-4-5-13-33(32)27-46(41)49-45(40)28-34/h1-29H. The maximum Gasteiger partial charge on any atom is 0.137 e. The van der Waals surface area contributed by atoms with E-state index in [1.54, 1.807) is 0 Å². The van der Waals surface area contributed by atoms with Gasteiger partial charge in [0.2, 0.25) is 0 Å². The lowest BCUT2D eigenvalue weighted by molar-refractivity contribution is 0.669. The van der Waals surface area contributed by atoms with E-state index in [1.807, 2.05) is 23.5 Å². The fraction of sp³-hybridized carbons (Fsp3) is 0. The third kappa shape index (κ3) is 4.70. The SMILES string of the molecule is c1ccc(-c2ccccc2N(c2ccc(-c3ccc4c(c3)sc3cc5ccccc5cc34)cc2)c2ccc3c(c2)oc2ccccc23)cc1. The number of para-hydroxylation sites is 2. The molecule has 0 spiro atoms. The van der Waals surface area contributed by atoms with Crippen molar-refractivity contribution in [3.8, 4) is 22.3 Å². The molecule has 0 atom stereocenters.